The minimum atomic E-state index is 0.236. The predicted octanol–water partition coefficient (Wildman–Crippen LogP) is 3.01. The Morgan fingerprint density at radius 3 is 2.63 bits per heavy atom. The van der Waals surface area contributed by atoms with Gasteiger partial charge in [0.15, 0.2) is 0 Å². The van der Waals surface area contributed by atoms with E-state index in [2.05, 4.69) is 38.5 Å². The molecule has 0 spiro atoms. The summed E-state index contributed by atoms with van der Waals surface area (Å²) in [6.45, 7) is 0. The molecule has 0 fully saturated rings. The van der Waals surface area contributed by atoms with Crippen molar-refractivity contribution in [3.8, 4) is 0 Å². The molecule has 19 heavy (non-hydrogen) atoms. The molecular formula is C14H16BrN3S. The van der Waals surface area contributed by atoms with E-state index in [0.717, 1.165) is 16.6 Å². The van der Waals surface area contributed by atoms with Gasteiger partial charge in [-0.2, -0.15) is 0 Å². The lowest BCUT2D eigenvalue weighted by Gasteiger charge is -2.15. The molecule has 0 saturated heterocycles. The second-order valence-corrected chi connectivity index (χ2v) is 6.08. The third-order valence-electron chi connectivity index (χ3n) is 2.74. The molecule has 0 bridgehead atoms. The quantitative estimate of drug-likeness (QED) is 0.483. The number of rotatable bonds is 6. The third-order valence-corrected chi connectivity index (χ3v) is 4.93. The zero-order valence-electron chi connectivity index (χ0n) is 10.4. The Balaban J connectivity index is 1.91. The van der Waals surface area contributed by atoms with Gasteiger partial charge >= 0.3 is 0 Å². The van der Waals surface area contributed by atoms with Crippen LogP contribution >= 0.6 is 27.7 Å². The Labute approximate surface area is 126 Å². The minimum absolute atomic E-state index is 0.236. The zero-order valence-corrected chi connectivity index (χ0v) is 12.8. The Hall–Kier alpha value is -0.880. The smallest absolute Gasteiger partial charge is 0.0344 e. The van der Waals surface area contributed by atoms with Crippen molar-refractivity contribution in [1.29, 1.82) is 0 Å². The summed E-state index contributed by atoms with van der Waals surface area (Å²) in [5, 5.41) is 0. The van der Waals surface area contributed by atoms with Crippen LogP contribution in [0.3, 0.4) is 0 Å². The number of nitrogens with zero attached hydrogens (tertiary/aromatic N) is 1. The van der Waals surface area contributed by atoms with E-state index in [1.54, 1.807) is 11.8 Å². The van der Waals surface area contributed by atoms with Crippen LogP contribution in [0.15, 0.2) is 58.2 Å². The van der Waals surface area contributed by atoms with E-state index in [4.69, 9.17) is 5.84 Å². The van der Waals surface area contributed by atoms with Crippen molar-refractivity contribution in [2.24, 2.45) is 5.84 Å². The number of thioether (sulfide) groups is 1. The second-order valence-electron chi connectivity index (χ2n) is 4.16. The molecule has 2 rings (SSSR count). The predicted molar refractivity (Wildman–Crippen MR) is 83.9 cm³/mol. The number of nitrogens with one attached hydrogen (secondary N) is 1. The normalized spacial score (nSPS) is 12.3. The maximum atomic E-state index is 5.63. The molecular weight excluding hydrogens is 322 g/mol. The molecule has 100 valence electrons. The monoisotopic (exact) mass is 337 g/mol. The van der Waals surface area contributed by atoms with Gasteiger partial charge in [-0.1, -0.05) is 12.1 Å². The number of hydrazine groups is 1. The first-order valence-corrected chi connectivity index (χ1v) is 7.80. The lowest BCUT2D eigenvalue weighted by molar-refractivity contribution is 0.575. The molecule has 3 N–H and O–H groups in total. The van der Waals surface area contributed by atoms with Crippen LogP contribution in [0.2, 0.25) is 0 Å². The van der Waals surface area contributed by atoms with Gasteiger partial charge in [-0.05, 0) is 52.2 Å². The highest BCUT2D eigenvalue weighted by molar-refractivity contribution is 9.10. The number of pyridine rings is 1. The molecule has 3 nitrogen and oxygen atoms in total. The molecule has 0 saturated carbocycles. The van der Waals surface area contributed by atoms with E-state index in [1.807, 2.05) is 36.7 Å². The van der Waals surface area contributed by atoms with Gasteiger partial charge < -0.3 is 0 Å². The lowest BCUT2D eigenvalue weighted by atomic mass is 10.1. The third kappa shape index (κ3) is 4.62. The number of hydrogen-bond donors (Lipinski definition) is 2. The Bertz CT molecular complexity index is 507. The van der Waals surface area contributed by atoms with Crippen molar-refractivity contribution < 1.29 is 0 Å². The van der Waals surface area contributed by atoms with E-state index in [-0.39, 0.29) is 6.04 Å². The molecule has 0 aliphatic carbocycles. The molecule has 0 aliphatic rings. The van der Waals surface area contributed by atoms with Crippen molar-refractivity contribution in [1.82, 2.24) is 10.4 Å². The van der Waals surface area contributed by atoms with Crippen LogP contribution in [-0.2, 0) is 6.42 Å². The highest BCUT2D eigenvalue weighted by Gasteiger charge is 2.09. The SMILES string of the molecule is NNC(CSc1ccccc1Br)Cc1ccncc1. The summed E-state index contributed by atoms with van der Waals surface area (Å²) < 4.78 is 1.12. The fourth-order valence-corrected chi connectivity index (χ4v) is 3.33. The highest BCUT2D eigenvalue weighted by Crippen LogP contribution is 2.27. The van der Waals surface area contributed by atoms with Gasteiger partial charge in [0, 0.05) is 33.6 Å². The maximum Gasteiger partial charge on any atom is 0.0344 e. The van der Waals surface area contributed by atoms with Crippen LogP contribution in [0.1, 0.15) is 5.56 Å². The van der Waals surface area contributed by atoms with E-state index in [9.17, 15) is 0 Å². The molecule has 5 heteroatoms. The van der Waals surface area contributed by atoms with E-state index < -0.39 is 0 Å². The molecule has 0 aliphatic heterocycles. The molecule has 1 aromatic carbocycles. The number of nitrogens with two attached hydrogens (primary N) is 1. The fourth-order valence-electron chi connectivity index (χ4n) is 1.72. The molecule has 1 atom stereocenters. The highest BCUT2D eigenvalue weighted by atomic mass is 79.9. The fraction of sp³-hybridized carbons (Fsp3) is 0.214. The van der Waals surface area contributed by atoms with E-state index in [1.165, 1.54) is 10.5 Å². The van der Waals surface area contributed by atoms with Gasteiger partial charge in [0.25, 0.3) is 0 Å². The van der Waals surface area contributed by atoms with Crippen LogP contribution < -0.4 is 11.3 Å². The van der Waals surface area contributed by atoms with Crippen molar-refractivity contribution in [2.45, 2.75) is 17.4 Å². The lowest BCUT2D eigenvalue weighted by Crippen LogP contribution is -2.38. The van der Waals surface area contributed by atoms with Crippen LogP contribution in [0.25, 0.3) is 0 Å². The van der Waals surface area contributed by atoms with Crippen LogP contribution in [0.4, 0.5) is 0 Å². The summed E-state index contributed by atoms with van der Waals surface area (Å²) in [4.78, 5) is 5.25. The molecule has 0 radical (unpaired) electrons. The van der Waals surface area contributed by atoms with Gasteiger partial charge in [-0.25, -0.2) is 0 Å². The number of benzene rings is 1. The van der Waals surface area contributed by atoms with Crippen LogP contribution in [-0.4, -0.2) is 16.8 Å². The summed E-state index contributed by atoms with van der Waals surface area (Å²) in [6, 6.07) is 12.5. The molecule has 1 unspecified atom stereocenters. The first-order chi connectivity index (χ1) is 9.29. The molecule has 2 aromatic rings. The van der Waals surface area contributed by atoms with E-state index in [0.29, 0.717) is 0 Å². The van der Waals surface area contributed by atoms with Crippen LogP contribution in [0, 0.1) is 0 Å². The summed E-state index contributed by atoms with van der Waals surface area (Å²) in [7, 11) is 0. The summed E-state index contributed by atoms with van der Waals surface area (Å²) >= 11 is 5.35. The summed E-state index contributed by atoms with van der Waals surface area (Å²) in [5.74, 6) is 6.55. The average Bonchev–Trinajstić information content (AvgIpc) is 2.46. The topological polar surface area (TPSA) is 50.9 Å². The van der Waals surface area contributed by atoms with Crippen molar-refractivity contribution in [3.05, 3.63) is 58.8 Å². The average molecular weight is 338 g/mol. The Kier molecular flexibility index (Phi) is 5.85. The first kappa shape index (κ1) is 14.5. The minimum Gasteiger partial charge on any atom is -0.271 e. The standard InChI is InChI=1S/C14H16BrN3S/c15-13-3-1-2-4-14(13)19-10-12(18-16)9-11-5-7-17-8-6-11/h1-8,12,18H,9-10,16H2. The van der Waals surface area contributed by atoms with Crippen LogP contribution in [0.5, 0.6) is 0 Å². The van der Waals surface area contributed by atoms with Crippen molar-refractivity contribution >= 4 is 27.7 Å². The summed E-state index contributed by atoms with van der Waals surface area (Å²) in [6.07, 6.45) is 4.52. The first-order valence-electron chi connectivity index (χ1n) is 6.02. The largest absolute Gasteiger partial charge is 0.271 e. The second kappa shape index (κ2) is 7.65. The maximum absolute atomic E-state index is 5.63. The number of aromatic nitrogens is 1. The van der Waals surface area contributed by atoms with Gasteiger partial charge in [0.1, 0.15) is 0 Å². The van der Waals surface area contributed by atoms with E-state index >= 15 is 0 Å². The van der Waals surface area contributed by atoms with Crippen molar-refractivity contribution in [2.75, 3.05) is 5.75 Å². The number of halogens is 1. The molecule has 1 aromatic heterocycles. The van der Waals surface area contributed by atoms with Gasteiger partial charge in [0.2, 0.25) is 0 Å². The number of hydrogen-bond acceptors (Lipinski definition) is 4. The van der Waals surface area contributed by atoms with Gasteiger partial charge in [-0.15, -0.1) is 11.8 Å². The molecule has 1 heterocycles. The molecule has 0 amide bonds. The van der Waals surface area contributed by atoms with Gasteiger partial charge in [-0.3, -0.25) is 16.3 Å². The van der Waals surface area contributed by atoms with Gasteiger partial charge in [0.05, 0.1) is 0 Å². The summed E-state index contributed by atoms with van der Waals surface area (Å²) in [5.41, 5.74) is 4.13. The Morgan fingerprint density at radius 2 is 1.95 bits per heavy atom. The zero-order chi connectivity index (χ0) is 13.5. The Morgan fingerprint density at radius 1 is 1.21 bits per heavy atom. The van der Waals surface area contributed by atoms with Crippen molar-refractivity contribution in [3.63, 3.8) is 0 Å².